The number of thiazole rings is 1. The van der Waals surface area contributed by atoms with Gasteiger partial charge in [0, 0.05) is 23.1 Å². The minimum Gasteiger partial charge on any atom is -0.482 e. The van der Waals surface area contributed by atoms with Crippen LogP contribution < -0.4 is 19.8 Å². The molecule has 0 saturated heterocycles. The van der Waals surface area contributed by atoms with E-state index >= 15 is 0 Å². The Morgan fingerprint density at radius 2 is 1.83 bits per heavy atom. The molecule has 0 aliphatic carbocycles. The number of nitrogens with one attached hydrogen (secondary N) is 1. The Balaban J connectivity index is 1.55. The van der Waals surface area contributed by atoms with Gasteiger partial charge in [-0.2, -0.15) is 5.10 Å². The van der Waals surface area contributed by atoms with Gasteiger partial charge in [0.2, 0.25) is 4.80 Å². The van der Waals surface area contributed by atoms with E-state index in [4.69, 9.17) is 14.8 Å². The fourth-order valence-electron chi connectivity index (χ4n) is 4.30. The second-order valence-electron chi connectivity index (χ2n) is 8.23. The maximum atomic E-state index is 13.4. The van der Waals surface area contributed by atoms with E-state index in [1.165, 1.54) is 11.3 Å². The van der Waals surface area contributed by atoms with Gasteiger partial charge < -0.3 is 15.0 Å². The fourth-order valence-corrected chi connectivity index (χ4v) is 5.15. The summed E-state index contributed by atoms with van der Waals surface area (Å²) in [7, 11) is 0. The SMILES string of the molecule is CCN1C(=O)C(=Nn2c(-c3ccc4c(c3)NC(=O)CO4)csc2=Nc2ccccc2)c2ccccc21. The number of likely N-dealkylation sites (N-methyl/N-ethyl adjacent to an activating group) is 1. The zero-order valence-corrected chi connectivity index (χ0v) is 20.2. The molecular weight excluding hydrogens is 474 g/mol. The van der Waals surface area contributed by atoms with Crippen molar-refractivity contribution < 1.29 is 14.3 Å². The Kier molecular flexibility index (Phi) is 5.46. The molecule has 9 heteroatoms. The Bertz CT molecular complexity index is 1600. The molecule has 0 fully saturated rings. The quantitative estimate of drug-likeness (QED) is 0.455. The van der Waals surface area contributed by atoms with E-state index < -0.39 is 0 Å². The standard InChI is InChI=1S/C27H21N5O3S/c1-2-31-21-11-7-6-10-19(21)25(26(31)34)30-32-22(16-36-27(32)28-18-8-4-3-5-9-18)17-12-13-23-20(14-17)29-24(33)15-35-23/h3-14,16H,2,15H2,1H3,(H,29,33). The molecule has 0 bridgehead atoms. The van der Waals surface area contributed by atoms with Crippen LogP contribution in [0.3, 0.4) is 0 Å². The van der Waals surface area contributed by atoms with Crippen LogP contribution >= 0.6 is 11.3 Å². The van der Waals surface area contributed by atoms with Crippen LogP contribution in [0.1, 0.15) is 12.5 Å². The van der Waals surface area contributed by atoms with Crippen LogP contribution in [0.4, 0.5) is 17.1 Å². The van der Waals surface area contributed by atoms with E-state index in [9.17, 15) is 9.59 Å². The van der Waals surface area contributed by atoms with Crippen molar-refractivity contribution >= 4 is 45.9 Å². The maximum absolute atomic E-state index is 13.4. The minimum atomic E-state index is -0.203. The van der Waals surface area contributed by atoms with Crippen LogP contribution in [0.25, 0.3) is 11.3 Å². The van der Waals surface area contributed by atoms with Gasteiger partial charge in [-0.25, -0.2) is 9.67 Å². The molecule has 36 heavy (non-hydrogen) atoms. The zero-order chi connectivity index (χ0) is 24.6. The van der Waals surface area contributed by atoms with Gasteiger partial charge in [0.25, 0.3) is 11.8 Å². The minimum absolute atomic E-state index is 0.00595. The lowest BCUT2D eigenvalue weighted by Crippen LogP contribution is -2.30. The molecule has 2 aliphatic heterocycles. The molecule has 2 amide bonds. The van der Waals surface area contributed by atoms with Crippen molar-refractivity contribution in [2.24, 2.45) is 10.1 Å². The monoisotopic (exact) mass is 495 g/mol. The molecule has 8 nitrogen and oxygen atoms in total. The number of anilines is 2. The summed E-state index contributed by atoms with van der Waals surface area (Å²) < 4.78 is 7.22. The lowest BCUT2D eigenvalue weighted by atomic mass is 10.1. The molecule has 0 saturated carbocycles. The summed E-state index contributed by atoms with van der Waals surface area (Å²) in [5, 5.41) is 9.68. The number of carbonyl (C=O) groups excluding carboxylic acids is 2. The lowest BCUT2D eigenvalue weighted by molar-refractivity contribution is -0.118. The predicted molar refractivity (Wildman–Crippen MR) is 140 cm³/mol. The summed E-state index contributed by atoms with van der Waals surface area (Å²) in [6.45, 7) is 2.48. The molecule has 3 heterocycles. The molecular formula is C27H21N5O3S. The summed E-state index contributed by atoms with van der Waals surface area (Å²) in [6, 6.07) is 22.8. The van der Waals surface area contributed by atoms with E-state index in [1.54, 1.807) is 9.58 Å². The predicted octanol–water partition coefficient (Wildman–Crippen LogP) is 4.40. The van der Waals surface area contributed by atoms with Crippen molar-refractivity contribution in [3.63, 3.8) is 0 Å². The van der Waals surface area contributed by atoms with Crippen LogP contribution in [-0.2, 0) is 9.59 Å². The third-order valence-electron chi connectivity index (χ3n) is 5.99. The topological polar surface area (TPSA) is 88.3 Å². The highest BCUT2D eigenvalue weighted by molar-refractivity contribution is 7.07. The number of para-hydroxylation sites is 2. The number of carbonyl (C=O) groups is 2. The normalized spacial score (nSPS) is 16.1. The number of fused-ring (bicyclic) bond motifs is 2. The largest absolute Gasteiger partial charge is 0.482 e. The first-order valence-corrected chi connectivity index (χ1v) is 12.4. The molecule has 0 radical (unpaired) electrons. The second kappa shape index (κ2) is 8.94. The molecule has 178 valence electrons. The molecule has 0 atom stereocenters. The smallest absolute Gasteiger partial charge is 0.279 e. The molecule has 0 unspecified atom stereocenters. The van der Waals surface area contributed by atoms with Crippen molar-refractivity contribution in [1.82, 2.24) is 4.68 Å². The van der Waals surface area contributed by atoms with Gasteiger partial charge >= 0.3 is 0 Å². The van der Waals surface area contributed by atoms with Gasteiger partial charge in [-0.1, -0.05) is 36.4 Å². The van der Waals surface area contributed by atoms with E-state index in [2.05, 4.69) is 5.32 Å². The van der Waals surface area contributed by atoms with Gasteiger partial charge in [-0.3, -0.25) is 9.59 Å². The highest BCUT2D eigenvalue weighted by Crippen LogP contribution is 2.34. The van der Waals surface area contributed by atoms with E-state index in [1.807, 2.05) is 85.1 Å². The first kappa shape index (κ1) is 22.0. The molecule has 1 aromatic heterocycles. The average molecular weight is 496 g/mol. The highest BCUT2D eigenvalue weighted by Gasteiger charge is 2.33. The third-order valence-corrected chi connectivity index (χ3v) is 6.80. The van der Waals surface area contributed by atoms with Gasteiger partial charge in [0.1, 0.15) is 5.75 Å². The van der Waals surface area contributed by atoms with Gasteiger partial charge in [-0.15, -0.1) is 11.3 Å². The summed E-state index contributed by atoms with van der Waals surface area (Å²) >= 11 is 1.42. The number of nitrogens with zero attached hydrogens (tertiary/aromatic N) is 4. The van der Waals surface area contributed by atoms with Crippen LogP contribution in [0.5, 0.6) is 5.75 Å². The van der Waals surface area contributed by atoms with Crippen LogP contribution in [-0.4, -0.2) is 35.4 Å². The van der Waals surface area contributed by atoms with Crippen molar-refractivity contribution in [1.29, 1.82) is 0 Å². The number of amides is 2. The van der Waals surface area contributed by atoms with Gasteiger partial charge in [0.05, 0.1) is 22.8 Å². The molecule has 0 spiro atoms. The lowest BCUT2D eigenvalue weighted by Gasteiger charge is -2.18. The second-order valence-corrected chi connectivity index (χ2v) is 9.06. The van der Waals surface area contributed by atoms with Crippen molar-refractivity contribution in [2.45, 2.75) is 6.92 Å². The molecule has 1 N–H and O–H groups in total. The summed E-state index contributed by atoms with van der Waals surface area (Å²) in [4.78, 5) is 32.4. The first-order valence-electron chi connectivity index (χ1n) is 11.5. The van der Waals surface area contributed by atoms with Crippen LogP contribution in [0.2, 0.25) is 0 Å². The van der Waals surface area contributed by atoms with Crippen molar-refractivity contribution in [3.8, 4) is 17.0 Å². The van der Waals surface area contributed by atoms with Crippen LogP contribution in [0, 0.1) is 0 Å². The zero-order valence-electron chi connectivity index (χ0n) is 19.3. The number of hydrogen-bond acceptors (Lipinski definition) is 6. The van der Waals surface area contributed by atoms with E-state index in [-0.39, 0.29) is 18.4 Å². The Labute approximate surface area is 210 Å². The summed E-state index contributed by atoms with van der Waals surface area (Å²) in [5.41, 5.74) is 4.90. The highest BCUT2D eigenvalue weighted by atomic mass is 32.1. The number of benzene rings is 3. The number of ether oxygens (including phenoxy) is 1. The van der Waals surface area contributed by atoms with E-state index in [0.29, 0.717) is 28.5 Å². The maximum Gasteiger partial charge on any atom is 0.279 e. The van der Waals surface area contributed by atoms with Crippen LogP contribution in [0.15, 0.2) is 88.3 Å². The molecule has 2 aliphatic rings. The van der Waals surface area contributed by atoms with Crippen molar-refractivity contribution in [2.75, 3.05) is 23.4 Å². The average Bonchev–Trinajstić information content (AvgIpc) is 3.42. The third kappa shape index (κ3) is 3.79. The number of rotatable bonds is 4. The van der Waals surface area contributed by atoms with E-state index in [0.717, 1.165) is 28.2 Å². The van der Waals surface area contributed by atoms with Gasteiger partial charge in [-0.05, 0) is 43.3 Å². The fraction of sp³-hybridized carbons (Fsp3) is 0.111. The van der Waals surface area contributed by atoms with Gasteiger partial charge in [0.15, 0.2) is 12.3 Å². The Hall–Kier alpha value is -4.50. The summed E-state index contributed by atoms with van der Waals surface area (Å²) in [5.74, 6) is 0.255. The summed E-state index contributed by atoms with van der Waals surface area (Å²) in [6.07, 6.45) is 0. The molecule has 3 aromatic carbocycles. The molecule has 6 rings (SSSR count). The Morgan fingerprint density at radius 1 is 1.03 bits per heavy atom. The number of hydrogen-bond donors (Lipinski definition) is 1. The first-order chi connectivity index (χ1) is 17.6. The van der Waals surface area contributed by atoms with Crippen molar-refractivity contribution in [3.05, 3.63) is 88.5 Å². The Morgan fingerprint density at radius 3 is 2.67 bits per heavy atom. The molecule has 4 aromatic rings. The number of aromatic nitrogens is 1.